The van der Waals surface area contributed by atoms with Crippen molar-refractivity contribution in [2.45, 2.75) is 13.8 Å². The summed E-state index contributed by atoms with van der Waals surface area (Å²) in [5.41, 5.74) is 3.57. The van der Waals surface area contributed by atoms with Crippen molar-refractivity contribution < 1.29 is 0 Å². The number of hydrogen-bond acceptors (Lipinski definition) is 3. The third-order valence-corrected chi connectivity index (χ3v) is 3.45. The molecule has 0 saturated carbocycles. The molecule has 0 atom stereocenters. The van der Waals surface area contributed by atoms with Gasteiger partial charge >= 0.3 is 0 Å². The molecule has 2 aromatic rings. The Hall–Kier alpha value is -1.57. The fourth-order valence-corrected chi connectivity index (χ4v) is 2.52. The number of nitriles is 1. The lowest BCUT2D eigenvalue weighted by atomic mass is 10.1. The first-order chi connectivity index (χ1) is 9.01. The van der Waals surface area contributed by atoms with Crippen LogP contribution in [0.15, 0.2) is 28.7 Å². The maximum Gasteiger partial charge on any atom is 0.103 e. The molecule has 1 aromatic carbocycles. The summed E-state index contributed by atoms with van der Waals surface area (Å²) in [6.07, 6.45) is 0. The first-order valence-corrected chi connectivity index (χ1v) is 6.79. The van der Waals surface area contributed by atoms with E-state index in [1.54, 1.807) is 6.07 Å². The van der Waals surface area contributed by atoms with Crippen LogP contribution in [0.5, 0.6) is 0 Å². The molecule has 0 amide bonds. The molecule has 96 valence electrons. The number of pyridine rings is 1. The van der Waals surface area contributed by atoms with Crippen LogP contribution >= 0.6 is 27.5 Å². The smallest absolute Gasteiger partial charge is 0.103 e. The van der Waals surface area contributed by atoms with Gasteiger partial charge in [0.2, 0.25) is 0 Å². The highest BCUT2D eigenvalue weighted by molar-refractivity contribution is 9.10. The highest BCUT2D eigenvalue weighted by atomic mass is 79.9. The van der Waals surface area contributed by atoms with E-state index in [9.17, 15) is 5.26 Å². The van der Waals surface area contributed by atoms with Gasteiger partial charge in [-0.1, -0.05) is 27.5 Å². The molecule has 0 aliphatic rings. The first kappa shape index (κ1) is 13.9. The highest BCUT2D eigenvalue weighted by Gasteiger charge is 2.10. The molecular weight excluding hydrogens is 326 g/mol. The molecule has 0 saturated heterocycles. The summed E-state index contributed by atoms with van der Waals surface area (Å²) in [6.45, 7) is 3.71. The van der Waals surface area contributed by atoms with Gasteiger partial charge in [-0.15, -0.1) is 0 Å². The Balaban J connectivity index is 2.46. The largest absolute Gasteiger partial charge is 0.353 e. The van der Waals surface area contributed by atoms with Crippen LogP contribution in [0.2, 0.25) is 5.02 Å². The van der Waals surface area contributed by atoms with E-state index in [1.807, 2.05) is 32.0 Å². The van der Waals surface area contributed by atoms with Gasteiger partial charge in [0.15, 0.2) is 0 Å². The summed E-state index contributed by atoms with van der Waals surface area (Å²) >= 11 is 9.52. The number of benzene rings is 1. The summed E-state index contributed by atoms with van der Waals surface area (Å²) in [5, 5.41) is 13.0. The SMILES string of the molecule is Cc1cc(Nc2ccc(Br)cc2Cl)c(C#N)c(C)n1. The molecule has 19 heavy (non-hydrogen) atoms. The number of nitrogens with one attached hydrogen (secondary N) is 1. The minimum Gasteiger partial charge on any atom is -0.353 e. The van der Waals surface area contributed by atoms with Crippen LogP contribution in [0, 0.1) is 25.2 Å². The second-order valence-electron chi connectivity index (χ2n) is 4.13. The molecule has 5 heteroatoms. The minimum atomic E-state index is 0.532. The summed E-state index contributed by atoms with van der Waals surface area (Å²) in [4.78, 5) is 4.28. The summed E-state index contributed by atoms with van der Waals surface area (Å²) in [5.74, 6) is 0. The van der Waals surface area contributed by atoms with E-state index in [4.69, 9.17) is 11.6 Å². The van der Waals surface area contributed by atoms with Crippen LogP contribution < -0.4 is 5.32 Å². The molecule has 0 spiro atoms. The second kappa shape index (κ2) is 5.60. The van der Waals surface area contributed by atoms with Gasteiger partial charge in [-0.05, 0) is 38.1 Å². The van der Waals surface area contributed by atoms with Crippen LogP contribution in [0.4, 0.5) is 11.4 Å². The molecule has 0 fully saturated rings. The predicted molar refractivity (Wildman–Crippen MR) is 80.9 cm³/mol. The summed E-state index contributed by atoms with van der Waals surface area (Å²) in [7, 11) is 0. The topological polar surface area (TPSA) is 48.7 Å². The lowest BCUT2D eigenvalue weighted by Gasteiger charge is -2.12. The Morgan fingerprint density at radius 3 is 2.63 bits per heavy atom. The number of aryl methyl sites for hydroxylation is 2. The van der Waals surface area contributed by atoms with Crippen molar-refractivity contribution >= 4 is 38.9 Å². The fourth-order valence-electron chi connectivity index (χ4n) is 1.80. The van der Waals surface area contributed by atoms with Crippen molar-refractivity contribution in [1.29, 1.82) is 5.26 Å². The third-order valence-electron chi connectivity index (χ3n) is 2.64. The van der Waals surface area contributed by atoms with E-state index >= 15 is 0 Å². The molecule has 1 N–H and O–H groups in total. The number of anilines is 2. The monoisotopic (exact) mass is 335 g/mol. The molecular formula is C14H11BrClN3. The minimum absolute atomic E-state index is 0.532. The van der Waals surface area contributed by atoms with E-state index in [-0.39, 0.29) is 0 Å². The van der Waals surface area contributed by atoms with Gasteiger partial charge in [0.1, 0.15) is 6.07 Å². The van der Waals surface area contributed by atoms with Crippen molar-refractivity contribution in [3.63, 3.8) is 0 Å². The van der Waals surface area contributed by atoms with Crippen molar-refractivity contribution in [2.75, 3.05) is 5.32 Å². The average molecular weight is 337 g/mol. The number of halogens is 2. The van der Waals surface area contributed by atoms with Gasteiger partial charge < -0.3 is 5.32 Å². The van der Waals surface area contributed by atoms with E-state index in [0.717, 1.165) is 21.5 Å². The molecule has 0 aliphatic carbocycles. The zero-order valence-electron chi connectivity index (χ0n) is 10.5. The van der Waals surface area contributed by atoms with Crippen LogP contribution in [0.1, 0.15) is 17.0 Å². The summed E-state index contributed by atoms with van der Waals surface area (Å²) < 4.78 is 0.908. The van der Waals surface area contributed by atoms with Crippen LogP contribution in [-0.2, 0) is 0 Å². The van der Waals surface area contributed by atoms with E-state index in [2.05, 4.69) is 32.3 Å². The molecule has 1 heterocycles. The van der Waals surface area contributed by atoms with Gasteiger partial charge in [-0.3, -0.25) is 4.98 Å². The van der Waals surface area contributed by atoms with Gasteiger partial charge in [-0.25, -0.2) is 0 Å². The molecule has 1 aromatic heterocycles. The lowest BCUT2D eigenvalue weighted by Crippen LogP contribution is -2.00. The van der Waals surface area contributed by atoms with Crippen LogP contribution in [-0.4, -0.2) is 4.98 Å². The van der Waals surface area contributed by atoms with Crippen molar-refractivity contribution in [3.8, 4) is 6.07 Å². The maximum absolute atomic E-state index is 9.21. The first-order valence-electron chi connectivity index (χ1n) is 5.61. The quantitative estimate of drug-likeness (QED) is 0.862. The predicted octanol–water partition coefficient (Wildman–Crippen LogP) is 4.73. The Kier molecular flexibility index (Phi) is 4.08. The van der Waals surface area contributed by atoms with Gasteiger partial charge in [0, 0.05) is 10.2 Å². The van der Waals surface area contributed by atoms with Crippen LogP contribution in [0.3, 0.4) is 0 Å². The molecule has 3 nitrogen and oxygen atoms in total. The molecule has 0 radical (unpaired) electrons. The number of rotatable bonds is 2. The Bertz CT molecular complexity index is 677. The Labute approximate surface area is 125 Å². The zero-order chi connectivity index (χ0) is 14.0. The molecule has 0 unspecified atom stereocenters. The van der Waals surface area contributed by atoms with Gasteiger partial charge in [0.05, 0.1) is 27.7 Å². The number of nitrogens with zero attached hydrogens (tertiary/aromatic N) is 2. The van der Waals surface area contributed by atoms with Crippen molar-refractivity contribution in [1.82, 2.24) is 4.98 Å². The van der Waals surface area contributed by atoms with Gasteiger partial charge in [-0.2, -0.15) is 5.26 Å². The fraction of sp³-hybridized carbons (Fsp3) is 0.143. The van der Waals surface area contributed by atoms with Crippen molar-refractivity contribution in [2.24, 2.45) is 0 Å². The Morgan fingerprint density at radius 1 is 1.26 bits per heavy atom. The van der Waals surface area contributed by atoms with Gasteiger partial charge in [0.25, 0.3) is 0 Å². The molecule has 0 aliphatic heterocycles. The zero-order valence-corrected chi connectivity index (χ0v) is 12.8. The molecule has 2 rings (SSSR count). The second-order valence-corrected chi connectivity index (χ2v) is 5.46. The lowest BCUT2D eigenvalue weighted by molar-refractivity contribution is 1.11. The summed E-state index contributed by atoms with van der Waals surface area (Å²) in [6, 6.07) is 9.55. The van der Waals surface area contributed by atoms with Crippen molar-refractivity contribution in [3.05, 3.63) is 50.7 Å². The van der Waals surface area contributed by atoms with E-state index < -0.39 is 0 Å². The number of hydrogen-bond donors (Lipinski definition) is 1. The highest BCUT2D eigenvalue weighted by Crippen LogP contribution is 2.30. The maximum atomic E-state index is 9.21. The van der Waals surface area contributed by atoms with E-state index in [1.165, 1.54) is 0 Å². The average Bonchev–Trinajstić information content (AvgIpc) is 2.32. The van der Waals surface area contributed by atoms with Crippen LogP contribution in [0.25, 0.3) is 0 Å². The normalized spacial score (nSPS) is 10.1. The van der Waals surface area contributed by atoms with E-state index in [0.29, 0.717) is 16.3 Å². The number of aromatic nitrogens is 1. The standard InChI is InChI=1S/C14H11BrClN3/c1-8-5-14(11(7-17)9(2)18-8)19-13-4-3-10(15)6-12(13)16/h3-6H,1-2H3,(H,18,19). The third kappa shape index (κ3) is 3.06. The molecule has 0 bridgehead atoms. The Morgan fingerprint density at radius 2 is 2.00 bits per heavy atom.